The molecule has 1 aromatic rings. The average Bonchev–Trinajstić information content (AvgIpc) is 2.18. The summed E-state index contributed by atoms with van der Waals surface area (Å²) in [7, 11) is 0. The van der Waals surface area contributed by atoms with Crippen LogP contribution in [0.5, 0.6) is 0 Å². The van der Waals surface area contributed by atoms with Crippen LogP contribution in [0.15, 0.2) is 12.1 Å². The smallest absolute Gasteiger partial charge is 0.394 e. The van der Waals surface area contributed by atoms with Crippen LogP contribution in [-0.4, -0.2) is 22.0 Å². The molecule has 0 bridgehead atoms. The maximum absolute atomic E-state index is 10.8. The van der Waals surface area contributed by atoms with E-state index in [2.05, 4.69) is 4.98 Å². The van der Waals surface area contributed by atoms with Gasteiger partial charge in [0.05, 0.1) is 5.56 Å². The molecule has 0 saturated heterocycles. The Morgan fingerprint density at radius 2 is 2.20 bits per heavy atom. The Balaban J connectivity index is 3.04. The summed E-state index contributed by atoms with van der Waals surface area (Å²) in [6.07, 6.45) is 0. The van der Waals surface area contributed by atoms with Crippen LogP contribution in [0, 0.1) is 11.3 Å². The van der Waals surface area contributed by atoms with Gasteiger partial charge in [-0.3, -0.25) is 10.1 Å². The predicted molar refractivity (Wildman–Crippen MR) is 50.2 cm³/mol. The van der Waals surface area contributed by atoms with Crippen molar-refractivity contribution in [2.45, 2.75) is 0 Å². The van der Waals surface area contributed by atoms with E-state index in [0.29, 0.717) is 0 Å². The lowest BCUT2D eigenvalue weighted by Gasteiger charge is -2.02. The van der Waals surface area contributed by atoms with Gasteiger partial charge in [0, 0.05) is 0 Å². The largest absolute Gasteiger partial charge is 0.474 e. The summed E-state index contributed by atoms with van der Waals surface area (Å²) >= 11 is 5.52. The van der Waals surface area contributed by atoms with Crippen molar-refractivity contribution >= 4 is 29.3 Å². The number of carbonyl (C=O) groups excluding carboxylic acids is 1. The fourth-order valence-corrected chi connectivity index (χ4v) is 0.929. The van der Waals surface area contributed by atoms with Crippen LogP contribution in [0.1, 0.15) is 5.56 Å². The Bertz CT molecular complexity index is 467. The van der Waals surface area contributed by atoms with Gasteiger partial charge in [-0.05, 0) is 12.1 Å². The third-order valence-corrected chi connectivity index (χ3v) is 1.62. The lowest BCUT2D eigenvalue weighted by molar-refractivity contribution is -0.147. The number of hydrogen-bond acceptors (Lipinski definition) is 4. The van der Waals surface area contributed by atoms with Crippen molar-refractivity contribution in [2.24, 2.45) is 0 Å². The highest BCUT2D eigenvalue weighted by Crippen LogP contribution is 2.15. The molecule has 0 aromatic carbocycles. The van der Waals surface area contributed by atoms with E-state index in [9.17, 15) is 9.59 Å². The Hall–Kier alpha value is -2.13. The molecule has 0 fully saturated rings. The van der Waals surface area contributed by atoms with Gasteiger partial charge in [0.1, 0.15) is 11.2 Å². The van der Waals surface area contributed by atoms with Crippen LogP contribution in [0.3, 0.4) is 0 Å². The highest BCUT2D eigenvalue weighted by molar-refractivity contribution is 6.36. The summed E-state index contributed by atoms with van der Waals surface area (Å²) in [6.45, 7) is 0. The lowest BCUT2D eigenvalue weighted by atomic mass is 10.3. The molecule has 0 aliphatic heterocycles. The molecule has 1 rings (SSSR count). The van der Waals surface area contributed by atoms with Gasteiger partial charge in [-0.25, -0.2) is 9.78 Å². The first-order chi connectivity index (χ1) is 7.04. The number of anilines is 1. The minimum Gasteiger partial charge on any atom is -0.474 e. The monoisotopic (exact) mass is 225 g/mol. The van der Waals surface area contributed by atoms with Gasteiger partial charge in [-0.15, -0.1) is 0 Å². The van der Waals surface area contributed by atoms with E-state index in [-0.39, 0.29) is 16.5 Å². The quantitative estimate of drug-likeness (QED) is 0.539. The van der Waals surface area contributed by atoms with Gasteiger partial charge in [0.2, 0.25) is 0 Å². The number of nitriles is 1. The van der Waals surface area contributed by atoms with Crippen molar-refractivity contribution in [1.29, 1.82) is 5.26 Å². The molecule has 0 aliphatic carbocycles. The van der Waals surface area contributed by atoms with Crippen molar-refractivity contribution in [3.63, 3.8) is 0 Å². The van der Waals surface area contributed by atoms with Crippen molar-refractivity contribution in [2.75, 3.05) is 5.32 Å². The van der Waals surface area contributed by atoms with Crippen LogP contribution in [0.25, 0.3) is 0 Å². The zero-order valence-corrected chi connectivity index (χ0v) is 7.95. The third kappa shape index (κ3) is 2.65. The first-order valence-corrected chi connectivity index (χ1v) is 4.03. The molecule has 0 atom stereocenters. The number of aliphatic carboxylic acids is 1. The van der Waals surface area contributed by atoms with Gasteiger partial charge in [-0.1, -0.05) is 11.6 Å². The molecule has 6 nitrogen and oxygen atoms in total. The standard InChI is InChI=1S/C8H4ClN3O3/c9-5-2-1-4(3-10)6(11-5)12-7(13)8(14)15/h1-2H,(H,14,15)(H,11,12,13). The summed E-state index contributed by atoms with van der Waals surface area (Å²) in [4.78, 5) is 24.6. The number of pyridine rings is 1. The van der Waals surface area contributed by atoms with E-state index in [1.165, 1.54) is 12.1 Å². The number of nitrogens with one attached hydrogen (secondary N) is 1. The van der Waals surface area contributed by atoms with Crippen molar-refractivity contribution in [3.8, 4) is 6.07 Å². The van der Waals surface area contributed by atoms with Gasteiger partial charge in [0.15, 0.2) is 5.82 Å². The normalized spacial score (nSPS) is 9.07. The molecule has 76 valence electrons. The van der Waals surface area contributed by atoms with E-state index in [0.717, 1.165) is 0 Å². The number of carbonyl (C=O) groups is 2. The molecule has 1 heterocycles. The molecule has 0 aliphatic rings. The van der Waals surface area contributed by atoms with Gasteiger partial charge in [-0.2, -0.15) is 5.26 Å². The Morgan fingerprint density at radius 3 is 2.73 bits per heavy atom. The number of rotatable bonds is 1. The van der Waals surface area contributed by atoms with Gasteiger partial charge >= 0.3 is 11.9 Å². The van der Waals surface area contributed by atoms with Crippen molar-refractivity contribution in [1.82, 2.24) is 4.98 Å². The molecular weight excluding hydrogens is 222 g/mol. The highest BCUT2D eigenvalue weighted by Gasteiger charge is 2.14. The SMILES string of the molecule is N#Cc1ccc(Cl)nc1NC(=O)C(=O)O. The summed E-state index contributed by atoms with van der Waals surface area (Å²) in [5.74, 6) is -3.11. The number of amides is 1. The summed E-state index contributed by atoms with van der Waals surface area (Å²) < 4.78 is 0. The van der Waals surface area contributed by atoms with Crippen LogP contribution in [0.2, 0.25) is 5.15 Å². The minimum absolute atomic E-state index is 0.0361. The van der Waals surface area contributed by atoms with Crippen molar-refractivity contribution in [3.05, 3.63) is 22.8 Å². The van der Waals surface area contributed by atoms with Crippen LogP contribution in [-0.2, 0) is 9.59 Å². The second-order valence-corrected chi connectivity index (χ2v) is 2.79. The average molecular weight is 226 g/mol. The molecule has 0 radical (unpaired) electrons. The molecule has 1 aromatic heterocycles. The van der Waals surface area contributed by atoms with E-state index < -0.39 is 11.9 Å². The molecule has 2 N–H and O–H groups in total. The Morgan fingerprint density at radius 1 is 1.53 bits per heavy atom. The highest BCUT2D eigenvalue weighted by atomic mass is 35.5. The topological polar surface area (TPSA) is 103 Å². The maximum Gasteiger partial charge on any atom is 0.394 e. The zero-order chi connectivity index (χ0) is 11.4. The van der Waals surface area contributed by atoms with E-state index >= 15 is 0 Å². The molecule has 7 heteroatoms. The first kappa shape index (κ1) is 10.9. The second-order valence-electron chi connectivity index (χ2n) is 2.40. The fourth-order valence-electron chi connectivity index (χ4n) is 0.782. The number of hydrogen-bond donors (Lipinski definition) is 2. The number of nitrogens with zero attached hydrogens (tertiary/aromatic N) is 2. The lowest BCUT2D eigenvalue weighted by Crippen LogP contribution is -2.23. The van der Waals surface area contributed by atoms with Gasteiger partial charge < -0.3 is 5.11 Å². The molecule has 0 spiro atoms. The molecular formula is C8H4ClN3O3. The number of carboxylic acids is 1. The summed E-state index contributed by atoms with van der Waals surface area (Å²) in [6, 6.07) is 4.42. The number of carboxylic acid groups (broad SMARTS) is 1. The van der Waals surface area contributed by atoms with Crippen LogP contribution < -0.4 is 5.32 Å². The third-order valence-electron chi connectivity index (χ3n) is 1.41. The molecule has 0 unspecified atom stereocenters. The molecule has 1 amide bonds. The summed E-state index contributed by atoms with van der Waals surface area (Å²) in [5, 5.41) is 18.9. The predicted octanol–water partition coefficient (Wildman–Crippen LogP) is 0.630. The zero-order valence-electron chi connectivity index (χ0n) is 7.19. The van der Waals surface area contributed by atoms with Crippen LogP contribution in [0.4, 0.5) is 5.82 Å². The fraction of sp³-hybridized carbons (Fsp3) is 0. The minimum atomic E-state index is -1.67. The molecule has 0 saturated carbocycles. The van der Waals surface area contributed by atoms with E-state index in [4.69, 9.17) is 22.0 Å². The Kier molecular flexibility index (Phi) is 3.21. The first-order valence-electron chi connectivity index (χ1n) is 3.65. The van der Waals surface area contributed by atoms with E-state index in [1.807, 2.05) is 5.32 Å². The van der Waals surface area contributed by atoms with Crippen molar-refractivity contribution < 1.29 is 14.7 Å². The second kappa shape index (κ2) is 4.39. The number of aromatic nitrogens is 1. The molecule has 15 heavy (non-hydrogen) atoms. The van der Waals surface area contributed by atoms with E-state index in [1.54, 1.807) is 6.07 Å². The maximum atomic E-state index is 10.8. The summed E-state index contributed by atoms with van der Waals surface area (Å²) in [5.41, 5.74) is 0.0361. The number of halogens is 1. The van der Waals surface area contributed by atoms with Gasteiger partial charge in [0.25, 0.3) is 0 Å². The Labute approximate surface area is 89.1 Å². The van der Waals surface area contributed by atoms with Crippen LogP contribution >= 0.6 is 11.6 Å².